The number of unbranched alkanes of at least 4 members (excludes halogenated alkanes) is 1. The Balaban J connectivity index is 2.08. The van der Waals surface area contributed by atoms with Gasteiger partial charge in [0, 0.05) is 0 Å². The minimum Gasteiger partial charge on any atom is -0.479 e. The Morgan fingerprint density at radius 2 is 2.40 bits per heavy atom. The molecule has 0 aliphatic carbocycles. The first-order chi connectivity index (χ1) is 4.75. The molecule has 2 atom stereocenters. The van der Waals surface area contributed by atoms with Gasteiger partial charge in [0.15, 0.2) is 6.10 Å². The zero-order valence-electron chi connectivity index (χ0n) is 6.04. The molecule has 1 aliphatic rings. The van der Waals surface area contributed by atoms with Crippen molar-refractivity contribution in [1.29, 1.82) is 0 Å². The zero-order chi connectivity index (χ0) is 7.56. The summed E-state index contributed by atoms with van der Waals surface area (Å²) >= 11 is 0. The summed E-state index contributed by atoms with van der Waals surface area (Å²) in [5.41, 5.74) is 0. The van der Waals surface area contributed by atoms with Gasteiger partial charge in [-0.15, -0.1) is 0 Å². The van der Waals surface area contributed by atoms with Gasteiger partial charge in [-0.1, -0.05) is 19.8 Å². The van der Waals surface area contributed by atoms with E-state index >= 15 is 0 Å². The number of hydrogen-bond donors (Lipinski definition) is 1. The molecule has 0 aromatic rings. The van der Waals surface area contributed by atoms with Crippen LogP contribution in [0.25, 0.3) is 0 Å². The van der Waals surface area contributed by atoms with Gasteiger partial charge >= 0.3 is 5.97 Å². The van der Waals surface area contributed by atoms with Crippen LogP contribution in [0.4, 0.5) is 0 Å². The second-order valence-electron chi connectivity index (χ2n) is 2.58. The first kappa shape index (κ1) is 7.54. The van der Waals surface area contributed by atoms with Gasteiger partial charge in [-0.05, 0) is 6.42 Å². The molecule has 0 aromatic heterocycles. The summed E-state index contributed by atoms with van der Waals surface area (Å²) in [6.07, 6.45) is 2.58. The van der Waals surface area contributed by atoms with Gasteiger partial charge in [-0.25, -0.2) is 4.79 Å². The summed E-state index contributed by atoms with van der Waals surface area (Å²) in [5.74, 6) is -0.818. The molecule has 3 heteroatoms. The molecule has 0 spiro atoms. The lowest BCUT2D eigenvalue weighted by atomic mass is 10.2. The van der Waals surface area contributed by atoms with E-state index in [0.717, 1.165) is 19.3 Å². The molecule has 58 valence electrons. The number of carboxylic acids is 1. The number of carbonyl (C=O) groups is 1. The van der Waals surface area contributed by atoms with Crippen molar-refractivity contribution in [2.45, 2.75) is 38.4 Å². The molecule has 0 bridgehead atoms. The number of carboxylic acid groups (broad SMARTS) is 1. The maximum atomic E-state index is 10.2. The van der Waals surface area contributed by atoms with Crippen molar-refractivity contribution >= 4 is 5.97 Å². The average Bonchev–Trinajstić information content (AvgIpc) is 2.62. The highest BCUT2D eigenvalue weighted by molar-refractivity contribution is 5.75. The number of epoxide rings is 1. The minimum atomic E-state index is -0.818. The van der Waals surface area contributed by atoms with Crippen molar-refractivity contribution in [1.82, 2.24) is 0 Å². The number of hydrogen-bond acceptors (Lipinski definition) is 2. The lowest BCUT2D eigenvalue weighted by molar-refractivity contribution is -0.138. The van der Waals surface area contributed by atoms with Gasteiger partial charge in [0.2, 0.25) is 0 Å². The molecule has 1 heterocycles. The van der Waals surface area contributed by atoms with E-state index in [4.69, 9.17) is 9.84 Å². The van der Waals surface area contributed by atoms with E-state index in [0.29, 0.717) is 0 Å². The predicted molar refractivity (Wildman–Crippen MR) is 35.8 cm³/mol. The van der Waals surface area contributed by atoms with E-state index in [-0.39, 0.29) is 6.10 Å². The third-order valence-electron chi connectivity index (χ3n) is 1.67. The van der Waals surface area contributed by atoms with E-state index in [1.54, 1.807) is 0 Å². The summed E-state index contributed by atoms with van der Waals surface area (Å²) in [7, 11) is 0. The highest BCUT2D eigenvalue weighted by Gasteiger charge is 2.44. The van der Waals surface area contributed by atoms with Crippen LogP contribution in [0.1, 0.15) is 26.2 Å². The third-order valence-corrected chi connectivity index (χ3v) is 1.67. The highest BCUT2D eigenvalue weighted by Crippen LogP contribution is 2.26. The first-order valence-corrected chi connectivity index (χ1v) is 3.64. The van der Waals surface area contributed by atoms with Crippen LogP contribution in [0, 0.1) is 0 Å². The molecule has 0 amide bonds. The monoisotopic (exact) mass is 144 g/mol. The molecule has 3 nitrogen and oxygen atoms in total. The van der Waals surface area contributed by atoms with Crippen molar-refractivity contribution < 1.29 is 14.6 Å². The maximum Gasteiger partial charge on any atom is 0.335 e. The second kappa shape index (κ2) is 3.01. The van der Waals surface area contributed by atoms with Crippen LogP contribution in [-0.4, -0.2) is 23.3 Å². The average molecular weight is 144 g/mol. The number of aliphatic carboxylic acids is 1. The van der Waals surface area contributed by atoms with Crippen LogP contribution in [0.15, 0.2) is 0 Å². The summed E-state index contributed by atoms with van der Waals surface area (Å²) in [5, 5.41) is 8.40. The molecule has 0 saturated carbocycles. The molecule has 1 rings (SSSR count). The van der Waals surface area contributed by atoms with Crippen molar-refractivity contribution in [2.75, 3.05) is 0 Å². The standard InChI is InChI=1S/C7H12O3/c1-2-3-4-5-6(10-5)7(8)9/h5-6H,2-4H2,1H3,(H,8,9)/t5-,6-/m1/s1. The van der Waals surface area contributed by atoms with E-state index in [2.05, 4.69) is 6.92 Å². The highest BCUT2D eigenvalue weighted by atomic mass is 16.6. The normalized spacial score (nSPS) is 30.1. The summed E-state index contributed by atoms with van der Waals surface area (Å²) in [4.78, 5) is 10.2. The smallest absolute Gasteiger partial charge is 0.335 e. The Morgan fingerprint density at radius 1 is 1.70 bits per heavy atom. The molecule has 0 unspecified atom stereocenters. The van der Waals surface area contributed by atoms with Crippen molar-refractivity contribution in [3.63, 3.8) is 0 Å². The summed E-state index contributed by atoms with van der Waals surface area (Å²) in [6, 6.07) is 0. The van der Waals surface area contributed by atoms with Crippen LogP contribution in [0.2, 0.25) is 0 Å². The Morgan fingerprint density at radius 3 is 2.80 bits per heavy atom. The van der Waals surface area contributed by atoms with E-state index in [1.165, 1.54) is 0 Å². The lowest BCUT2D eigenvalue weighted by Gasteiger charge is -1.88. The third kappa shape index (κ3) is 1.70. The number of rotatable bonds is 4. The Hall–Kier alpha value is -0.570. The minimum absolute atomic E-state index is 0.0115. The van der Waals surface area contributed by atoms with Gasteiger partial charge in [0.1, 0.15) is 0 Å². The molecule has 1 N–H and O–H groups in total. The van der Waals surface area contributed by atoms with E-state index < -0.39 is 12.1 Å². The Kier molecular flexibility index (Phi) is 2.27. The molecule has 1 saturated heterocycles. The first-order valence-electron chi connectivity index (χ1n) is 3.64. The van der Waals surface area contributed by atoms with Crippen LogP contribution in [0.3, 0.4) is 0 Å². The topological polar surface area (TPSA) is 49.8 Å². The van der Waals surface area contributed by atoms with Crippen LogP contribution < -0.4 is 0 Å². The van der Waals surface area contributed by atoms with Crippen molar-refractivity contribution in [3.05, 3.63) is 0 Å². The molecule has 1 fully saturated rings. The fourth-order valence-electron chi connectivity index (χ4n) is 0.985. The molecular formula is C7H12O3. The van der Waals surface area contributed by atoms with Crippen LogP contribution in [0.5, 0.6) is 0 Å². The van der Waals surface area contributed by atoms with Crippen LogP contribution >= 0.6 is 0 Å². The Bertz CT molecular complexity index is 133. The van der Waals surface area contributed by atoms with E-state index in [9.17, 15) is 4.79 Å². The van der Waals surface area contributed by atoms with Crippen molar-refractivity contribution in [2.24, 2.45) is 0 Å². The van der Waals surface area contributed by atoms with Crippen molar-refractivity contribution in [3.8, 4) is 0 Å². The molecular weight excluding hydrogens is 132 g/mol. The lowest BCUT2D eigenvalue weighted by Crippen LogP contribution is -2.07. The molecule has 0 aromatic carbocycles. The Labute approximate surface area is 60.0 Å². The number of ether oxygens (including phenoxy) is 1. The largest absolute Gasteiger partial charge is 0.479 e. The molecule has 10 heavy (non-hydrogen) atoms. The predicted octanol–water partition coefficient (Wildman–Crippen LogP) is 1.03. The second-order valence-corrected chi connectivity index (χ2v) is 2.58. The summed E-state index contributed by atoms with van der Waals surface area (Å²) in [6.45, 7) is 2.08. The molecule has 1 aliphatic heterocycles. The zero-order valence-corrected chi connectivity index (χ0v) is 6.04. The maximum absolute atomic E-state index is 10.2. The van der Waals surface area contributed by atoms with Gasteiger partial charge in [-0.3, -0.25) is 0 Å². The molecule has 0 radical (unpaired) electrons. The fourth-order valence-corrected chi connectivity index (χ4v) is 0.985. The van der Waals surface area contributed by atoms with Gasteiger partial charge < -0.3 is 9.84 Å². The quantitative estimate of drug-likeness (QED) is 0.599. The fraction of sp³-hybridized carbons (Fsp3) is 0.857. The van der Waals surface area contributed by atoms with Gasteiger partial charge in [-0.2, -0.15) is 0 Å². The van der Waals surface area contributed by atoms with Crippen LogP contribution in [-0.2, 0) is 9.53 Å². The van der Waals surface area contributed by atoms with E-state index in [1.807, 2.05) is 0 Å². The van der Waals surface area contributed by atoms with Gasteiger partial charge in [0.25, 0.3) is 0 Å². The van der Waals surface area contributed by atoms with Gasteiger partial charge in [0.05, 0.1) is 6.10 Å². The SMILES string of the molecule is CCCC[C@H]1O[C@H]1C(=O)O. The summed E-state index contributed by atoms with van der Waals surface area (Å²) < 4.78 is 4.88.